The molecule has 1 aromatic rings. The van der Waals surface area contributed by atoms with Crippen molar-refractivity contribution < 1.29 is 9.59 Å². The summed E-state index contributed by atoms with van der Waals surface area (Å²) in [4.78, 5) is 22.8. The van der Waals surface area contributed by atoms with Crippen molar-refractivity contribution in [1.29, 1.82) is 5.26 Å². The van der Waals surface area contributed by atoms with Gasteiger partial charge < -0.3 is 4.79 Å². The van der Waals surface area contributed by atoms with Crippen molar-refractivity contribution in [2.45, 2.75) is 19.8 Å². The van der Waals surface area contributed by atoms with E-state index < -0.39 is 5.92 Å². The van der Waals surface area contributed by atoms with Gasteiger partial charge in [-0.15, -0.1) is 0 Å². The molecule has 0 saturated heterocycles. The van der Waals surface area contributed by atoms with Gasteiger partial charge in [0.1, 0.15) is 11.7 Å². The summed E-state index contributed by atoms with van der Waals surface area (Å²) in [6.45, 7) is 1.46. The van der Waals surface area contributed by atoms with E-state index in [2.05, 4.69) is 15.9 Å². The number of hydrogen-bond acceptors (Lipinski definition) is 3. The van der Waals surface area contributed by atoms with Crippen molar-refractivity contribution in [1.82, 2.24) is 0 Å². The quantitative estimate of drug-likeness (QED) is 0.784. The van der Waals surface area contributed by atoms with Crippen LogP contribution in [0, 0.1) is 17.2 Å². The van der Waals surface area contributed by atoms with Crippen molar-refractivity contribution >= 4 is 27.5 Å². The summed E-state index contributed by atoms with van der Waals surface area (Å²) in [6, 6.07) is 8.81. The maximum Gasteiger partial charge on any atom is 0.179 e. The molecule has 0 bridgehead atoms. The number of rotatable bonds is 5. The van der Waals surface area contributed by atoms with Crippen molar-refractivity contribution in [2.75, 3.05) is 0 Å². The van der Waals surface area contributed by atoms with Crippen LogP contribution in [-0.2, 0) is 4.79 Å². The van der Waals surface area contributed by atoms with E-state index in [4.69, 9.17) is 5.26 Å². The van der Waals surface area contributed by atoms with Gasteiger partial charge in [0, 0.05) is 16.5 Å². The molecule has 3 nitrogen and oxygen atoms in total. The van der Waals surface area contributed by atoms with E-state index in [-0.39, 0.29) is 18.0 Å². The number of carbonyl (C=O) groups is 2. The lowest BCUT2D eigenvalue weighted by atomic mass is 9.94. The van der Waals surface area contributed by atoms with Gasteiger partial charge in [-0.05, 0) is 25.5 Å². The Kier molecular flexibility index (Phi) is 5.05. The highest BCUT2D eigenvalue weighted by Gasteiger charge is 2.19. The first-order chi connectivity index (χ1) is 8.04. The van der Waals surface area contributed by atoms with Crippen LogP contribution in [-0.4, -0.2) is 11.6 Å². The molecule has 1 atom stereocenters. The van der Waals surface area contributed by atoms with Crippen LogP contribution in [0.25, 0.3) is 0 Å². The Morgan fingerprint density at radius 3 is 2.41 bits per heavy atom. The van der Waals surface area contributed by atoms with E-state index >= 15 is 0 Å². The molecule has 0 amide bonds. The molecule has 0 aliphatic carbocycles. The molecule has 88 valence electrons. The number of nitriles is 1. The van der Waals surface area contributed by atoms with Crippen LogP contribution < -0.4 is 0 Å². The average Bonchev–Trinajstić information content (AvgIpc) is 2.30. The molecule has 4 heteroatoms. The molecule has 1 aromatic carbocycles. The van der Waals surface area contributed by atoms with Gasteiger partial charge in [0.2, 0.25) is 0 Å². The average molecular weight is 294 g/mol. The molecule has 0 radical (unpaired) electrons. The van der Waals surface area contributed by atoms with Crippen LogP contribution in [0.2, 0.25) is 0 Å². The predicted molar refractivity (Wildman–Crippen MR) is 67.5 cm³/mol. The maximum absolute atomic E-state index is 12.0. The molecule has 17 heavy (non-hydrogen) atoms. The minimum absolute atomic E-state index is 0.00569. The molecule has 1 unspecified atom stereocenters. The summed E-state index contributed by atoms with van der Waals surface area (Å²) in [5, 5.41) is 8.93. The Morgan fingerprint density at radius 2 is 1.94 bits per heavy atom. The Labute approximate surface area is 109 Å². The fraction of sp³-hybridized carbons (Fsp3) is 0.308. The molecule has 1 rings (SSSR count). The van der Waals surface area contributed by atoms with E-state index in [1.54, 1.807) is 24.3 Å². The van der Waals surface area contributed by atoms with E-state index in [0.717, 1.165) is 4.47 Å². The number of ketones is 2. The topological polar surface area (TPSA) is 57.9 Å². The molecule has 0 aliphatic heterocycles. The van der Waals surface area contributed by atoms with Crippen LogP contribution in [0.15, 0.2) is 28.7 Å². The number of halogens is 1. The zero-order chi connectivity index (χ0) is 12.8. The second-order valence-electron chi connectivity index (χ2n) is 3.79. The number of Topliss-reactive ketones (excluding diaryl/α,β-unsaturated/α-hetero) is 2. The fourth-order valence-electron chi connectivity index (χ4n) is 1.42. The van der Waals surface area contributed by atoms with Crippen molar-refractivity contribution in [3.8, 4) is 6.07 Å². The van der Waals surface area contributed by atoms with Crippen LogP contribution in [0.3, 0.4) is 0 Å². The van der Waals surface area contributed by atoms with Gasteiger partial charge in [-0.25, -0.2) is 0 Å². The molecule has 0 aliphatic rings. The summed E-state index contributed by atoms with van der Waals surface area (Å²) in [7, 11) is 0. The van der Waals surface area contributed by atoms with Gasteiger partial charge in [-0.2, -0.15) is 5.26 Å². The Bertz CT molecular complexity index is 459. The molecular weight excluding hydrogens is 282 g/mol. The minimum atomic E-state index is -0.736. The predicted octanol–water partition coefficient (Wildman–Crippen LogP) is 3.14. The first-order valence-corrected chi connectivity index (χ1v) is 6.02. The normalized spacial score (nSPS) is 11.6. The van der Waals surface area contributed by atoms with Gasteiger partial charge in [-0.3, -0.25) is 4.79 Å². The second-order valence-corrected chi connectivity index (χ2v) is 4.71. The van der Waals surface area contributed by atoms with Crippen LogP contribution >= 0.6 is 15.9 Å². The van der Waals surface area contributed by atoms with Crippen molar-refractivity contribution in [3.63, 3.8) is 0 Å². The Hall–Kier alpha value is -1.47. The van der Waals surface area contributed by atoms with Gasteiger partial charge >= 0.3 is 0 Å². The first kappa shape index (κ1) is 13.6. The Balaban J connectivity index is 2.76. The summed E-state index contributed by atoms with van der Waals surface area (Å²) < 4.78 is 0.881. The molecule has 0 saturated carbocycles. The molecular formula is C13H12BrNO2. The maximum atomic E-state index is 12.0. The molecule has 0 N–H and O–H groups in total. The van der Waals surface area contributed by atoms with Crippen LogP contribution in [0.4, 0.5) is 0 Å². The Morgan fingerprint density at radius 1 is 1.35 bits per heavy atom. The third kappa shape index (κ3) is 4.12. The van der Waals surface area contributed by atoms with Gasteiger partial charge in [-0.1, -0.05) is 28.1 Å². The fourth-order valence-corrected chi connectivity index (χ4v) is 1.68. The highest BCUT2D eigenvalue weighted by molar-refractivity contribution is 9.10. The van der Waals surface area contributed by atoms with E-state index in [1.165, 1.54) is 6.92 Å². The van der Waals surface area contributed by atoms with E-state index in [0.29, 0.717) is 12.0 Å². The van der Waals surface area contributed by atoms with Crippen molar-refractivity contribution in [3.05, 3.63) is 34.3 Å². The third-order valence-corrected chi connectivity index (χ3v) is 2.91. The van der Waals surface area contributed by atoms with E-state index in [1.807, 2.05) is 6.07 Å². The summed E-state index contributed by atoms with van der Waals surface area (Å²) in [6.07, 6.45) is 0.557. The van der Waals surface area contributed by atoms with Crippen LogP contribution in [0.5, 0.6) is 0 Å². The van der Waals surface area contributed by atoms with Crippen molar-refractivity contribution in [2.24, 2.45) is 5.92 Å². The number of nitrogens with zero attached hydrogens (tertiary/aromatic N) is 1. The number of benzene rings is 1. The lowest BCUT2D eigenvalue weighted by molar-refractivity contribution is -0.117. The molecule has 0 spiro atoms. The van der Waals surface area contributed by atoms with Gasteiger partial charge in [0.05, 0.1) is 6.07 Å². The smallest absolute Gasteiger partial charge is 0.179 e. The van der Waals surface area contributed by atoms with Crippen LogP contribution in [0.1, 0.15) is 30.1 Å². The SMILES string of the molecule is CC(=O)CCC(C#N)C(=O)c1ccc(Br)cc1. The second kappa shape index (κ2) is 6.31. The zero-order valence-electron chi connectivity index (χ0n) is 9.44. The number of carbonyl (C=O) groups excluding carboxylic acids is 2. The van der Waals surface area contributed by atoms with Gasteiger partial charge in [0.15, 0.2) is 5.78 Å². The highest BCUT2D eigenvalue weighted by atomic mass is 79.9. The lowest BCUT2D eigenvalue weighted by Gasteiger charge is -2.06. The van der Waals surface area contributed by atoms with Gasteiger partial charge in [0.25, 0.3) is 0 Å². The highest BCUT2D eigenvalue weighted by Crippen LogP contribution is 2.16. The third-order valence-electron chi connectivity index (χ3n) is 2.39. The zero-order valence-corrected chi connectivity index (χ0v) is 11.0. The summed E-state index contributed by atoms with van der Waals surface area (Å²) in [5.74, 6) is -0.963. The monoisotopic (exact) mass is 293 g/mol. The standard InChI is InChI=1S/C13H12BrNO2/c1-9(16)2-3-11(8-15)13(17)10-4-6-12(14)7-5-10/h4-7,11H,2-3H2,1H3. The molecule has 0 heterocycles. The largest absolute Gasteiger partial charge is 0.300 e. The molecule has 0 fully saturated rings. The first-order valence-electron chi connectivity index (χ1n) is 5.23. The number of hydrogen-bond donors (Lipinski definition) is 0. The minimum Gasteiger partial charge on any atom is -0.300 e. The molecule has 0 aromatic heterocycles. The summed E-state index contributed by atoms with van der Waals surface area (Å²) >= 11 is 3.28. The lowest BCUT2D eigenvalue weighted by Crippen LogP contribution is -2.14. The summed E-state index contributed by atoms with van der Waals surface area (Å²) in [5.41, 5.74) is 0.503. The van der Waals surface area contributed by atoms with E-state index in [9.17, 15) is 9.59 Å².